The predicted octanol–water partition coefficient (Wildman–Crippen LogP) is 4.37. The van der Waals surface area contributed by atoms with Gasteiger partial charge in [0.05, 0.1) is 5.69 Å². The molecule has 104 valence electrons. The molecule has 0 fully saturated rings. The predicted molar refractivity (Wildman–Crippen MR) is 81.4 cm³/mol. The molecule has 1 aromatic carbocycles. The highest BCUT2D eigenvalue weighted by atomic mass is 16.5. The fourth-order valence-corrected chi connectivity index (χ4v) is 1.82. The van der Waals surface area contributed by atoms with E-state index in [1.807, 2.05) is 31.2 Å². The van der Waals surface area contributed by atoms with Crippen LogP contribution in [0.5, 0.6) is 5.75 Å². The number of aromatic nitrogens is 1. The highest BCUT2D eigenvalue weighted by Gasteiger charge is 2.01. The number of phenols is 1. The smallest absolute Gasteiger partial charge is 0.159 e. The van der Waals surface area contributed by atoms with E-state index in [4.69, 9.17) is 4.52 Å². The molecule has 3 heteroatoms. The number of aryl methyl sites for hydroxylation is 1. The van der Waals surface area contributed by atoms with E-state index in [1.54, 1.807) is 12.1 Å². The molecule has 0 aliphatic carbocycles. The van der Waals surface area contributed by atoms with Crippen molar-refractivity contribution in [3.63, 3.8) is 0 Å². The maximum Gasteiger partial charge on any atom is 0.159 e. The lowest BCUT2D eigenvalue weighted by atomic mass is 10.1. The van der Waals surface area contributed by atoms with Gasteiger partial charge >= 0.3 is 0 Å². The summed E-state index contributed by atoms with van der Waals surface area (Å²) < 4.78 is 5.11. The first-order valence-electron chi connectivity index (χ1n) is 6.61. The fraction of sp³-hybridized carbons (Fsp3) is 0.235. The SMILES string of the molecule is CC(C)=CCc1ccc(O)c(/C=C/c2cc(C)no2)c1. The Hall–Kier alpha value is -2.29. The van der Waals surface area contributed by atoms with E-state index in [1.165, 1.54) is 5.57 Å². The molecule has 0 amide bonds. The Bertz CT molecular complexity index is 647. The van der Waals surface area contributed by atoms with Crippen molar-refractivity contribution in [2.45, 2.75) is 27.2 Å². The van der Waals surface area contributed by atoms with E-state index in [0.29, 0.717) is 5.76 Å². The Labute approximate surface area is 119 Å². The van der Waals surface area contributed by atoms with Gasteiger partial charge in [0.25, 0.3) is 0 Å². The number of nitrogens with zero attached hydrogens (tertiary/aromatic N) is 1. The van der Waals surface area contributed by atoms with Crippen molar-refractivity contribution >= 4 is 12.2 Å². The topological polar surface area (TPSA) is 46.3 Å². The molecule has 0 radical (unpaired) electrons. The van der Waals surface area contributed by atoms with Crippen molar-refractivity contribution in [2.75, 3.05) is 0 Å². The molecule has 0 bridgehead atoms. The third-order valence-corrected chi connectivity index (χ3v) is 2.91. The first kappa shape index (κ1) is 14.1. The number of benzene rings is 1. The molecule has 1 heterocycles. The summed E-state index contributed by atoms with van der Waals surface area (Å²) in [6.45, 7) is 6.03. The Balaban J connectivity index is 2.20. The number of hydrogen-bond donors (Lipinski definition) is 1. The summed E-state index contributed by atoms with van der Waals surface area (Å²) in [6.07, 6.45) is 6.67. The Morgan fingerprint density at radius 1 is 1.25 bits per heavy atom. The quantitative estimate of drug-likeness (QED) is 0.838. The maximum atomic E-state index is 9.88. The zero-order valence-electron chi connectivity index (χ0n) is 12.1. The maximum absolute atomic E-state index is 9.88. The second-order valence-electron chi connectivity index (χ2n) is 5.08. The molecule has 0 saturated heterocycles. The largest absolute Gasteiger partial charge is 0.507 e. The highest BCUT2D eigenvalue weighted by molar-refractivity contribution is 5.71. The zero-order valence-corrected chi connectivity index (χ0v) is 12.1. The van der Waals surface area contributed by atoms with Crippen molar-refractivity contribution in [3.05, 3.63) is 58.5 Å². The standard InChI is InChI=1S/C17H19NO2/c1-12(2)4-5-14-6-9-17(19)15(11-14)7-8-16-10-13(3)18-20-16/h4,6-11,19H,5H2,1-3H3/b8-7+. The molecular formula is C17H19NO2. The van der Waals surface area contributed by atoms with Crippen LogP contribution in [0.4, 0.5) is 0 Å². The van der Waals surface area contributed by atoms with E-state index < -0.39 is 0 Å². The monoisotopic (exact) mass is 269 g/mol. The van der Waals surface area contributed by atoms with Gasteiger partial charge in [-0.2, -0.15) is 0 Å². The van der Waals surface area contributed by atoms with Crippen LogP contribution in [-0.4, -0.2) is 10.3 Å². The van der Waals surface area contributed by atoms with E-state index in [2.05, 4.69) is 25.1 Å². The molecule has 1 aromatic heterocycles. The summed E-state index contributed by atoms with van der Waals surface area (Å²) in [6, 6.07) is 7.49. The first-order valence-corrected chi connectivity index (χ1v) is 6.61. The summed E-state index contributed by atoms with van der Waals surface area (Å²) in [5.41, 5.74) is 4.06. The van der Waals surface area contributed by atoms with E-state index in [9.17, 15) is 5.11 Å². The van der Waals surface area contributed by atoms with Crippen LogP contribution in [0.15, 0.2) is 40.4 Å². The average Bonchev–Trinajstić information content (AvgIpc) is 2.82. The van der Waals surface area contributed by atoms with Crippen LogP contribution in [-0.2, 0) is 6.42 Å². The first-order chi connectivity index (χ1) is 9.54. The number of aromatic hydroxyl groups is 1. The molecule has 2 rings (SSSR count). The summed E-state index contributed by atoms with van der Waals surface area (Å²) >= 11 is 0. The van der Waals surface area contributed by atoms with Gasteiger partial charge in [0.2, 0.25) is 0 Å². The molecule has 2 aromatic rings. The zero-order chi connectivity index (χ0) is 14.5. The Morgan fingerprint density at radius 3 is 2.70 bits per heavy atom. The summed E-state index contributed by atoms with van der Waals surface area (Å²) in [4.78, 5) is 0. The van der Waals surface area contributed by atoms with Crippen LogP contribution in [0.1, 0.15) is 36.4 Å². The molecule has 3 nitrogen and oxygen atoms in total. The summed E-state index contributed by atoms with van der Waals surface area (Å²) in [5.74, 6) is 0.940. The molecule has 0 unspecified atom stereocenters. The van der Waals surface area contributed by atoms with E-state index in [0.717, 1.165) is 23.2 Å². The van der Waals surface area contributed by atoms with Crippen LogP contribution in [0.25, 0.3) is 12.2 Å². The minimum absolute atomic E-state index is 0.262. The van der Waals surface area contributed by atoms with Crippen molar-refractivity contribution in [1.82, 2.24) is 5.16 Å². The molecular weight excluding hydrogens is 250 g/mol. The normalized spacial score (nSPS) is 10.9. The van der Waals surface area contributed by atoms with Crippen LogP contribution in [0, 0.1) is 6.92 Å². The van der Waals surface area contributed by atoms with Crippen molar-refractivity contribution in [3.8, 4) is 5.75 Å². The fourth-order valence-electron chi connectivity index (χ4n) is 1.82. The van der Waals surface area contributed by atoms with Gasteiger partial charge in [-0.3, -0.25) is 0 Å². The van der Waals surface area contributed by atoms with Crippen molar-refractivity contribution < 1.29 is 9.63 Å². The van der Waals surface area contributed by atoms with Gasteiger partial charge in [-0.05, 0) is 57.0 Å². The number of rotatable bonds is 4. The second-order valence-corrected chi connectivity index (χ2v) is 5.08. The number of hydrogen-bond acceptors (Lipinski definition) is 3. The number of allylic oxidation sites excluding steroid dienone is 2. The molecule has 0 aliphatic heterocycles. The third-order valence-electron chi connectivity index (χ3n) is 2.91. The van der Waals surface area contributed by atoms with Gasteiger partial charge in [-0.15, -0.1) is 0 Å². The molecule has 0 spiro atoms. The molecule has 0 saturated carbocycles. The minimum Gasteiger partial charge on any atom is -0.507 e. The van der Waals surface area contributed by atoms with Crippen LogP contribution in [0.3, 0.4) is 0 Å². The average molecular weight is 269 g/mol. The number of phenolic OH excluding ortho intramolecular Hbond substituents is 1. The third kappa shape index (κ3) is 3.85. The second kappa shape index (κ2) is 6.24. The lowest BCUT2D eigenvalue weighted by Crippen LogP contribution is -1.84. The van der Waals surface area contributed by atoms with Gasteiger partial charge in [0.1, 0.15) is 5.75 Å². The van der Waals surface area contributed by atoms with Crippen LogP contribution >= 0.6 is 0 Å². The van der Waals surface area contributed by atoms with Crippen LogP contribution in [0.2, 0.25) is 0 Å². The molecule has 0 atom stereocenters. The summed E-state index contributed by atoms with van der Waals surface area (Å²) in [7, 11) is 0. The van der Waals surface area contributed by atoms with Gasteiger partial charge in [-0.1, -0.05) is 22.9 Å². The van der Waals surface area contributed by atoms with E-state index >= 15 is 0 Å². The summed E-state index contributed by atoms with van der Waals surface area (Å²) in [5, 5.41) is 13.7. The Morgan fingerprint density at radius 2 is 2.05 bits per heavy atom. The lowest BCUT2D eigenvalue weighted by Gasteiger charge is -2.03. The highest BCUT2D eigenvalue weighted by Crippen LogP contribution is 2.22. The molecule has 0 aliphatic rings. The molecule has 20 heavy (non-hydrogen) atoms. The lowest BCUT2D eigenvalue weighted by molar-refractivity contribution is 0.408. The van der Waals surface area contributed by atoms with Crippen LogP contribution < -0.4 is 0 Å². The van der Waals surface area contributed by atoms with E-state index in [-0.39, 0.29) is 5.75 Å². The van der Waals surface area contributed by atoms with Gasteiger partial charge in [0.15, 0.2) is 5.76 Å². The van der Waals surface area contributed by atoms with Crippen molar-refractivity contribution in [1.29, 1.82) is 0 Å². The Kier molecular flexibility index (Phi) is 4.41. The van der Waals surface area contributed by atoms with Gasteiger partial charge < -0.3 is 9.63 Å². The van der Waals surface area contributed by atoms with Crippen molar-refractivity contribution in [2.24, 2.45) is 0 Å². The molecule has 1 N–H and O–H groups in total. The minimum atomic E-state index is 0.262. The van der Waals surface area contributed by atoms with Gasteiger partial charge in [0, 0.05) is 11.6 Å². The van der Waals surface area contributed by atoms with Gasteiger partial charge in [-0.25, -0.2) is 0 Å².